The lowest BCUT2D eigenvalue weighted by Gasteiger charge is -2.51. The van der Waals surface area contributed by atoms with Crippen LogP contribution in [0.2, 0.25) is 0 Å². The maximum Gasteiger partial charge on any atom is 0.136 e. The highest BCUT2D eigenvalue weighted by Gasteiger charge is 2.70. The second-order valence-corrected chi connectivity index (χ2v) is 22.4. The molecule has 5 aliphatic carbocycles. The second-order valence-electron chi connectivity index (χ2n) is 22.4. The SMILES string of the molecule is C[C@H]1C[C@@H]2C[C@@H]3C[C@H](C1)C21c2cc(N(c4ccc(-c5ccccc5)cc4)c4ccc(-c5ccccc5-c5cccc6oc7ccccc7c56)cc4)ccc2C2(c4ccccc4-c4ccccc42)c2ccccc2C31. The van der Waals surface area contributed by atoms with E-state index >= 15 is 0 Å². The molecule has 354 valence electrons. The molecule has 5 aliphatic rings. The standard InChI is InChI=1S/C72H55NO/c1-45-40-50-42-49-43-51(41-45)71(50)66-44-54(38-39-65(66)72(64-27-13-9-22-60(64)70(49)71)62-25-11-7-20-57(62)58-21-8-12-26-63(58)72)73(52-34-30-47(31-35-52)46-16-3-2-4-17-46)53-36-32-48(33-37-53)55-18-5-6-19-56(55)59-24-15-29-68-69(59)61-23-10-14-28-67(61)74-68/h2-39,44-45,49-51,70H,40-43H2,1H3/t45-,49+,50+,51-,70?,71?. The Balaban J connectivity index is 0.918. The molecule has 2 nitrogen and oxygen atoms in total. The van der Waals surface area contributed by atoms with Gasteiger partial charge in [0, 0.05) is 33.2 Å². The predicted octanol–water partition coefficient (Wildman–Crippen LogP) is 18.8. The molecule has 10 aromatic carbocycles. The van der Waals surface area contributed by atoms with Crippen molar-refractivity contribution in [3.63, 3.8) is 0 Å². The molecule has 2 spiro atoms. The average molecular weight is 950 g/mol. The smallest absolute Gasteiger partial charge is 0.136 e. The largest absolute Gasteiger partial charge is 0.456 e. The summed E-state index contributed by atoms with van der Waals surface area (Å²) in [6.45, 7) is 2.54. The van der Waals surface area contributed by atoms with Crippen molar-refractivity contribution in [2.24, 2.45) is 23.7 Å². The van der Waals surface area contributed by atoms with E-state index in [-0.39, 0.29) is 5.41 Å². The Kier molecular flexibility index (Phi) is 9.09. The van der Waals surface area contributed by atoms with Gasteiger partial charge in [-0.25, -0.2) is 0 Å². The molecule has 0 amide bonds. The van der Waals surface area contributed by atoms with Gasteiger partial charge in [-0.15, -0.1) is 0 Å². The number of furan rings is 1. The molecule has 6 atom stereocenters. The predicted molar refractivity (Wildman–Crippen MR) is 305 cm³/mol. The third-order valence-electron chi connectivity index (χ3n) is 19.0. The van der Waals surface area contributed by atoms with Crippen molar-refractivity contribution in [3.05, 3.63) is 270 Å². The topological polar surface area (TPSA) is 16.4 Å². The van der Waals surface area contributed by atoms with Crippen LogP contribution in [0.15, 0.2) is 241 Å². The van der Waals surface area contributed by atoms with Gasteiger partial charge >= 0.3 is 0 Å². The fourth-order valence-electron chi connectivity index (χ4n) is 16.6. The van der Waals surface area contributed by atoms with Crippen LogP contribution in [0.4, 0.5) is 17.1 Å². The first-order valence-corrected chi connectivity index (χ1v) is 27.1. The van der Waals surface area contributed by atoms with Gasteiger partial charge in [0.2, 0.25) is 0 Å². The van der Waals surface area contributed by atoms with Crippen LogP contribution < -0.4 is 4.90 Å². The number of rotatable bonds is 6. The van der Waals surface area contributed by atoms with Gasteiger partial charge in [0.25, 0.3) is 0 Å². The minimum absolute atomic E-state index is 0.0359. The van der Waals surface area contributed by atoms with Gasteiger partial charge in [-0.2, -0.15) is 0 Å². The Morgan fingerprint density at radius 2 is 0.932 bits per heavy atom. The molecule has 1 heterocycles. The Hall–Kier alpha value is -8.20. The van der Waals surface area contributed by atoms with E-state index in [2.05, 4.69) is 248 Å². The van der Waals surface area contributed by atoms with E-state index in [9.17, 15) is 0 Å². The lowest BCUT2D eigenvalue weighted by Crippen LogP contribution is -2.46. The lowest BCUT2D eigenvalue weighted by atomic mass is 9.53. The van der Waals surface area contributed by atoms with Crippen molar-refractivity contribution in [2.75, 3.05) is 4.90 Å². The van der Waals surface area contributed by atoms with E-state index in [0.29, 0.717) is 23.7 Å². The summed E-state index contributed by atoms with van der Waals surface area (Å²) in [6.07, 6.45) is 5.24. The van der Waals surface area contributed by atoms with Crippen LogP contribution in [0.1, 0.15) is 71.9 Å². The first-order chi connectivity index (χ1) is 36.6. The van der Waals surface area contributed by atoms with Gasteiger partial charge in [0.05, 0.1) is 5.41 Å². The Morgan fingerprint density at radius 1 is 0.392 bits per heavy atom. The van der Waals surface area contributed by atoms with Gasteiger partial charge in [0.15, 0.2) is 0 Å². The molecule has 3 saturated carbocycles. The van der Waals surface area contributed by atoms with Crippen molar-refractivity contribution in [2.45, 2.75) is 49.4 Å². The summed E-state index contributed by atoms with van der Waals surface area (Å²) in [5, 5.41) is 2.30. The first kappa shape index (κ1) is 42.3. The molecule has 1 aromatic heterocycles. The van der Waals surface area contributed by atoms with Gasteiger partial charge in [-0.05, 0) is 182 Å². The van der Waals surface area contributed by atoms with Crippen LogP contribution in [0.5, 0.6) is 0 Å². The molecule has 3 fully saturated rings. The summed E-state index contributed by atoms with van der Waals surface area (Å²) < 4.78 is 6.39. The van der Waals surface area contributed by atoms with Crippen LogP contribution in [-0.4, -0.2) is 0 Å². The highest BCUT2D eigenvalue weighted by atomic mass is 16.3. The molecule has 0 radical (unpaired) electrons. The monoisotopic (exact) mass is 949 g/mol. The minimum atomic E-state index is -0.443. The van der Waals surface area contributed by atoms with Crippen molar-refractivity contribution in [3.8, 4) is 44.5 Å². The summed E-state index contributed by atoms with van der Waals surface area (Å²) in [5.74, 6) is 3.14. The maximum atomic E-state index is 6.39. The molecule has 2 heteroatoms. The molecular weight excluding hydrogens is 895 g/mol. The van der Waals surface area contributed by atoms with Gasteiger partial charge in [-0.3, -0.25) is 0 Å². The molecule has 74 heavy (non-hydrogen) atoms. The highest BCUT2D eigenvalue weighted by Crippen LogP contribution is 2.77. The third-order valence-corrected chi connectivity index (χ3v) is 19.0. The van der Waals surface area contributed by atoms with Crippen LogP contribution >= 0.6 is 0 Å². The average Bonchev–Trinajstić information content (AvgIpc) is 4.18. The second kappa shape index (κ2) is 15.9. The van der Waals surface area contributed by atoms with Crippen molar-refractivity contribution in [1.82, 2.24) is 0 Å². The summed E-state index contributed by atoms with van der Waals surface area (Å²) in [4.78, 5) is 2.55. The molecule has 0 saturated heterocycles. The van der Waals surface area contributed by atoms with Crippen LogP contribution in [0, 0.1) is 23.7 Å². The van der Waals surface area contributed by atoms with E-state index in [1.165, 1.54) is 98.1 Å². The summed E-state index contributed by atoms with van der Waals surface area (Å²) in [7, 11) is 0. The fraction of sp³-hybridized carbons (Fsp3) is 0.167. The number of hydrogen-bond acceptors (Lipinski definition) is 2. The Morgan fingerprint density at radius 3 is 1.65 bits per heavy atom. The normalized spacial score (nSPS) is 22.2. The Bertz CT molecular complexity index is 3970. The van der Waals surface area contributed by atoms with Crippen LogP contribution in [-0.2, 0) is 10.8 Å². The summed E-state index contributed by atoms with van der Waals surface area (Å²) in [5.41, 5.74) is 23.9. The van der Waals surface area contributed by atoms with E-state index in [1.54, 1.807) is 11.1 Å². The Labute approximate surface area is 433 Å². The van der Waals surface area contributed by atoms with Crippen molar-refractivity contribution < 1.29 is 4.42 Å². The zero-order valence-corrected chi connectivity index (χ0v) is 41.6. The number of hydrogen-bond donors (Lipinski definition) is 0. The van der Waals surface area contributed by atoms with Crippen molar-refractivity contribution in [1.29, 1.82) is 0 Å². The number of para-hydroxylation sites is 1. The number of benzene rings is 10. The van der Waals surface area contributed by atoms with Gasteiger partial charge in [0.1, 0.15) is 11.2 Å². The maximum absolute atomic E-state index is 6.39. The highest BCUT2D eigenvalue weighted by molar-refractivity contribution is 6.13. The quantitative estimate of drug-likeness (QED) is 0.165. The summed E-state index contributed by atoms with van der Waals surface area (Å²) >= 11 is 0. The molecule has 2 bridgehead atoms. The first-order valence-electron chi connectivity index (χ1n) is 27.1. The van der Waals surface area contributed by atoms with Crippen LogP contribution in [0.3, 0.4) is 0 Å². The zero-order valence-electron chi connectivity index (χ0n) is 41.6. The molecule has 11 aromatic rings. The van der Waals surface area contributed by atoms with E-state index in [4.69, 9.17) is 4.42 Å². The van der Waals surface area contributed by atoms with Crippen LogP contribution in [0.25, 0.3) is 66.4 Å². The molecule has 0 N–H and O–H groups in total. The van der Waals surface area contributed by atoms with Gasteiger partial charge < -0.3 is 9.32 Å². The zero-order chi connectivity index (χ0) is 48.7. The van der Waals surface area contributed by atoms with E-state index < -0.39 is 5.41 Å². The van der Waals surface area contributed by atoms with E-state index in [0.717, 1.165) is 39.2 Å². The number of fused-ring (bicyclic) bond motifs is 12. The van der Waals surface area contributed by atoms with E-state index in [1.807, 2.05) is 0 Å². The minimum Gasteiger partial charge on any atom is -0.456 e. The van der Waals surface area contributed by atoms with Gasteiger partial charge in [-0.1, -0.05) is 195 Å². The molecular formula is C72H55NO. The molecule has 16 rings (SSSR count). The molecule has 0 aliphatic heterocycles. The fourth-order valence-corrected chi connectivity index (χ4v) is 16.6. The number of nitrogens with zero attached hydrogens (tertiary/aromatic N) is 1. The lowest BCUT2D eigenvalue weighted by molar-refractivity contribution is 0.0823. The third kappa shape index (κ3) is 5.72. The molecule has 2 unspecified atom stereocenters. The van der Waals surface area contributed by atoms with Crippen molar-refractivity contribution >= 4 is 39.0 Å². The summed E-state index contributed by atoms with van der Waals surface area (Å²) in [6, 6.07) is 89.6. The number of anilines is 3.